The summed E-state index contributed by atoms with van der Waals surface area (Å²) < 4.78 is 1.73. The molecular weight excluding hydrogens is 422 g/mol. The van der Waals surface area contributed by atoms with E-state index >= 15 is 0 Å². The first-order valence-corrected chi connectivity index (χ1v) is 12.8. The van der Waals surface area contributed by atoms with Gasteiger partial charge in [0.1, 0.15) is 5.82 Å². The van der Waals surface area contributed by atoms with E-state index in [1.54, 1.807) is 4.57 Å². The van der Waals surface area contributed by atoms with Crippen LogP contribution < -0.4 is 5.56 Å². The Balaban J connectivity index is 2.14. The van der Waals surface area contributed by atoms with Crippen molar-refractivity contribution in [3.05, 3.63) is 69.8 Å². The van der Waals surface area contributed by atoms with Crippen molar-refractivity contribution >= 4 is 16.8 Å². The third-order valence-corrected chi connectivity index (χ3v) is 6.57. The number of rotatable bonds is 11. The summed E-state index contributed by atoms with van der Waals surface area (Å²) in [5.41, 5.74) is 3.49. The highest BCUT2D eigenvalue weighted by molar-refractivity contribution is 5.79. The normalized spacial score (nSPS) is 12.1. The van der Waals surface area contributed by atoms with Crippen LogP contribution in [0.2, 0.25) is 0 Å². The first kappa shape index (κ1) is 25.7. The fraction of sp³-hybridized carbons (Fsp3) is 0.483. The molecule has 34 heavy (non-hydrogen) atoms. The molecule has 3 aromatic rings. The number of carbonyl (C=O) groups excluding carboxylic acids is 1. The van der Waals surface area contributed by atoms with Gasteiger partial charge in [-0.15, -0.1) is 0 Å². The average molecular weight is 462 g/mol. The van der Waals surface area contributed by atoms with Crippen LogP contribution in [0.3, 0.4) is 0 Å². The summed E-state index contributed by atoms with van der Waals surface area (Å²) in [6, 6.07) is 13.3. The molecule has 1 amide bonds. The van der Waals surface area contributed by atoms with E-state index < -0.39 is 0 Å². The molecule has 3 rings (SSSR count). The summed E-state index contributed by atoms with van der Waals surface area (Å²) in [5.74, 6) is 0.766. The second-order valence-corrected chi connectivity index (χ2v) is 9.34. The lowest BCUT2D eigenvalue weighted by Gasteiger charge is -2.31. The van der Waals surface area contributed by atoms with Crippen molar-refractivity contribution in [2.24, 2.45) is 0 Å². The summed E-state index contributed by atoms with van der Waals surface area (Å²) in [7, 11) is 0. The van der Waals surface area contributed by atoms with Gasteiger partial charge in [-0.05, 0) is 62.9 Å². The van der Waals surface area contributed by atoms with Crippen molar-refractivity contribution < 1.29 is 4.79 Å². The van der Waals surface area contributed by atoms with E-state index in [-0.39, 0.29) is 17.5 Å². The van der Waals surface area contributed by atoms with Gasteiger partial charge in [-0.25, -0.2) is 4.98 Å². The van der Waals surface area contributed by atoms with Crippen LogP contribution in [-0.4, -0.2) is 26.9 Å². The van der Waals surface area contributed by atoms with Gasteiger partial charge >= 0.3 is 0 Å². The van der Waals surface area contributed by atoms with Crippen molar-refractivity contribution in [1.82, 2.24) is 14.5 Å². The average Bonchev–Trinajstić information content (AvgIpc) is 2.83. The van der Waals surface area contributed by atoms with E-state index in [0.717, 1.165) is 55.3 Å². The maximum absolute atomic E-state index is 13.8. The molecule has 0 bridgehead atoms. The molecular formula is C29H39N3O2. The fourth-order valence-electron chi connectivity index (χ4n) is 4.47. The summed E-state index contributed by atoms with van der Waals surface area (Å²) in [5, 5.41) is 0.588. The number of carbonyl (C=O) groups is 1. The van der Waals surface area contributed by atoms with Gasteiger partial charge in [-0.1, -0.05) is 63.8 Å². The molecule has 1 atom stereocenters. The predicted molar refractivity (Wildman–Crippen MR) is 141 cm³/mol. The minimum atomic E-state index is -0.317. The number of hydrogen-bond acceptors (Lipinski definition) is 3. The molecule has 0 aliphatic heterocycles. The first-order chi connectivity index (χ1) is 16.4. The smallest absolute Gasteiger partial charge is 0.266 e. The van der Waals surface area contributed by atoms with Crippen molar-refractivity contribution in [3.63, 3.8) is 0 Å². The van der Waals surface area contributed by atoms with Gasteiger partial charge < -0.3 is 4.90 Å². The number of aryl methyl sites for hydroxylation is 2. The Morgan fingerprint density at radius 2 is 1.74 bits per heavy atom. The molecule has 182 valence electrons. The Kier molecular flexibility index (Phi) is 9.03. The number of para-hydroxylation sites is 1. The summed E-state index contributed by atoms with van der Waals surface area (Å²) >= 11 is 0. The quantitative estimate of drug-likeness (QED) is 0.300. The predicted octanol–water partition coefficient (Wildman–Crippen LogP) is 6.66. The highest BCUT2D eigenvalue weighted by Gasteiger charge is 2.26. The molecule has 0 aliphatic carbocycles. The van der Waals surface area contributed by atoms with Gasteiger partial charge in [-0.2, -0.15) is 0 Å². The minimum absolute atomic E-state index is 0.0908. The van der Waals surface area contributed by atoms with Crippen LogP contribution in [0.4, 0.5) is 0 Å². The molecule has 5 heteroatoms. The van der Waals surface area contributed by atoms with E-state index in [1.165, 1.54) is 0 Å². The molecule has 1 aromatic heterocycles. The maximum Gasteiger partial charge on any atom is 0.266 e. The SMILES string of the molecule is CCCCCCC(=O)N(CCCC)C(C)c1nc2ccccc2c(=O)n1-c1cc(C)ccc1C. The van der Waals surface area contributed by atoms with Gasteiger partial charge in [0.25, 0.3) is 5.56 Å². The lowest BCUT2D eigenvalue weighted by Crippen LogP contribution is -2.38. The van der Waals surface area contributed by atoms with Gasteiger partial charge in [-0.3, -0.25) is 14.2 Å². The van der Waals surface area contributed by atoms with Crippen LogP contribution >= 0.6 is 0 Å². The van der Waals surface area contributed by atoms with E-state index in [4.69, 9.17) is 4.98 Å². The summed E-state index contributed by atoms with van der Waals surface area (Å²) in [6.45, 7) is 11.0. The molecule has 0 fully saturated rings. The van der Waals surface area contributed by atoms with Crippen LogP contribution in [-0.2, 0) is 4.79 Å². The number of benzene rings is 2. The lowest BCUT2D eigenvalue weighted by molar-refractivity contribution is -0.133. The molecule has 2 aromatic carbocycles. The molecule has 0 aliphatic rings. The largest absolute Gasteiger partial charge is 0.333 e. The Labute approximate surface area is 203 Å². The molecule has 0 saturated carbocycles. The Bertz CT molecular complexity index is 1180. The van der Waals surface area contributed by atoms with Crippen LogP contribution in [0.25, 0.3) is 16.6 Å². The number of hydrogen-bond donors (Lipinski definition) is 0. The van der Waals surface area contributed by atoms with E-state index in [2.05, 4.69) is 19.9 Å². The second-order valence-electron chi connectivity index (χ2n) is 9.34. The zero-order valence-corrected chi connectivity index (χ0v) is 21.4. The van der Waals surface area contributed by atoms with Gasteiger partial charge in [0.15, 0.2) is 0 Å². The Morgan fingerprint density at radius 1 is 1.00 bits per heavy atom. The Morgan fingerprint density at radius 3 is 2.47 bits per heavy atom. The van der Waals surface area contributed by atoms with E-state index in [1.807, 2.05) is 62.1 Å². The number of unbranched alkanes of at least 4 members (excludes halogenated alkanes) is 4. The minimum Gasteiger partial charge on any atom is -0.333 e. The van der Waals surface area contributed by atoms with Crippen molar-refractivity contribution in [2.75, 3.05) is 6.54 Å². The summed E-state index contributed by atoms with van der Waals surface area (Å²) in [6.07, 6.45) is 6.73. The zero-order chi connectivity index (χ0) is 24.7. The molecule has 1 heterocycles. The highest BCUT2D eigenvalue weighted by Crippen LogP contribution is 2.26. The van der Waals surface area contributed by atoms with E-state index in [0.29, 0.717) is 29.7 Å². The third-order valence-electron chi connectivity index (χ3n) is 6.57. The number of amides is 1. The molecule has 0 saturated heterocycles. The van der Waals surface area contributed by atoms with Crippen molar-refractivity contribution in [2.45, 2.75) is 85.6 Å². The third kappa shape index (κ3) is 5.75. The zero-order valence-electron chi connectivity index (χ0n) is 21.4. The monoisotopic (exact) mass is 461 g/mol. The molecule has 1 unspecified atom stereocenters. The molecule has 5 nitrogen and oxygen atoms in total. The lowest BCUT2D eigenvalue weighted by atomic mass is 10.1. The van der Waals surface area contributed by atoms with Crippen molar-refractivity contribution in [1.29, 1.82) is 0 Å². The number of aromatic nitrogens is 2. The van der Waals surface area contributed by atoms with Crippen LogP contribution in [0.15, 0.2) is 47.3 Å². The van der Waals surface area contributed by atoms with Gasteiger partial charge in [0.2, 0.25) is 5.91 Å². The molecule has 0 spiro atoms. The van der Waals surface area contributed by atoms with Crippen LogP contribution in [0, 0.1) is 13.8 Å². The van der Waals surface area contributed by atoms with Crippen LogP contribution in [0.1, 0.15) is 88.7 Å². The fourth-order valence-corrected chi connectivity index (χ4v) is 4.47. The van der Waals surface area contributed by atoms with Crippen LogP contribution in [0.5, 0.6) is 0 Å². The highest BCUT2D eigenvalue weighted by atomic mass is 16.2. The van der Waals surface area contributed by atoms with Crippen molar-refractivity contribution in [3.8, 4) is 5.69 Å². The Hall–Kier alpha value is -2.95. The maximum atomic E-state index is 13.8. The summed E-state index contributed by atoms with van der Waals surface area (Å²) in [4.78, 5) is 34.1. The van der Waals surface area contributed by atoms with Gasteiger partial charge in [0, 0.05) is 13.0 Å². The standard InChI is InChI=1S/C29H39N3O2/c1-6-8-10-11-16-27(33)31(19-9-7-2)23(5)28-30-25-15-13-12-14-24(25)29(34)32(28)26-20-21(3)17-18-22(26)4/h12-15,17-18,20,23H,6-11,16,19H2,1-5H3. The molecule has 0 N–H and O–H groups in total. The first-order valence-electron chi connectivity index (χ1n) is 12.8. The second kappa shape index (κ2) is 12.0. The van der Waals surface area contributed by atoms with Gasteiger partial charge in [0.05, 0.1) is 22.6 Å². The molecule has 0 radical (unpaired) electrons. The number of nitrogens with zero attached hydrogens (tertiary/aromatic N) is 3. The van der Waals surface area contributed by atoms with E-state index in [9.17, 15) is 9.59 Å². The number of fused-ring (bicyclic) bond motifs is 1. The topological polar surface area (TPSA) is 55.2 Å².